The molecule has 0 saturated carbocycles. The third-order valence-electron chi connectivity index (χ3n) is 1.99. The van der Waals surface area contributed by atoms with Gasteiger partial charge in [-0.15, -0.1) is 8.42 Å². The van der Waals surface area contributed by atoms with Crippen molar-refractivity contribution in [3.63, 3.8) is 0 Å². The van der Waals surface area contributed by atoms with E-state index < -0.39 is 33.0 Å². The number of imidazole rings is 1. The van der Waals surface area contributed by atoms with Gasteiger partial charge in [0, 0.05) is 0 Å². The van der Waals surface area contributed by atoms with Crippen molar-refractivity contribution in [1.82, 2.24) is 19.4 Å². The van der Waals surface area contributed by atoms with Gasteiger partial charge in [0.25, 0.3) is 0 Å². The molecule has 0 unspecified atom stereocenters. The predicted octanol–water partition coefficient (Wildman–Crippen LogP) is -3.70. The number of hydrogen-bond acceptors (Lipinski definition) is 7. The second kappa shape index (κ2) is 2.60. The van der Waals surface area contributed by atoms with Crippen LogP contribution in [0.25, 0.3) is 11.2 Å². The Morgan fingerprint density at radius 1 is 1.00 bits per heavy atom. The molecule has 17 heavy (non-hydrogen) atoms. The average Bonchev–Trinajstić information content (AvgIpc) is 2.60. The molecule has 2 aromatic heterocycles. The van der Waals surface area contributed by atoms with Crippen LogP contribution in [0.1, 0.15) is 0 Å². The van der Waals surface area contributed by atoms with Gasteiger partial charge in [0.2, 0.25) is 0 Å². The summed E-state index contributed by atoms with van der Waals surface area (Å²) in [6.07, 6.45) is 0. The normalized spacial score (nSPS) is 16.5. The highest BCUT2D eigenvalue weighted by atomic mass is 32.3. The van der Waals surface area contributed by atoms with E-state index in [0.717, 1.165) is 0 Å². The fourth-order valence-corrected chi connectivity index (χ4v) is 2.04. The van der Waals surface area contributed by atoms with Gasteiger partial charge in [0.15, 0.2) is 11.2 Å². The molecule has 0 saturated heterocycles. The Morgan fingerprint density at radius 2 is 1.65 bits per heavy atom. The first-order valence-corrected chi connectivity index (χ1v) is 5.37. The van der Waals surface area contributed by atoms with Gasteiger partial charge in [-0.3, -0.25) is 14.8 Å². The minimum Gasteiger partial charge on any atom is -0.300 e. The van der Waals surface area contributed by atoms with Crippen LogP contribution in [0.15, 0.2) is 14.4 Å². The Morgan fingerprint density at radius 3 is 2.35 bits per heavy atom. The maximum absolute atomic E-state index is 11.6. The average molecular weight is 262 g/mol. The summed E-state index contributed by atoms with van der Waals surface area (Å²) in [6, 6.07) is 0. The van der Waals surface area contributed by atoms with E-state index in [1.807, 2.05) is 0 Å². The lowest BCUT2D eigenvalue weighted by Gasteiger charge is -2.15. The SMILES string of the molecule is O=c1[nH]c2c(=O)n3c(=O)n(c2[nH]1)OS(=O)(=O)O3. The molecule has 1 aliphatic rings. The van der Waals surface area contributed by atoms with Gasteiger partial charge in [-0.2, -0.15) is 0 Å². The summed E-state index contributed by atoms with van der Waals surface area (Å²) in [5.41, 5.74) is -3.84. The molecule has 90 valence electrons. The lowest BCUT2D eigenvalue weighted by molar-refractivity contribution is 0.117. The van der Waals surface area contributed by atoms with E-state index in [1.165, 1.54) is 0 Å². The number of rotatable bonds is 0. The number of hydrogen-bond donors (Lipinski definition) is 2. The van der Waals surface area contributed by atoms with Crippen LogP contribution in [-0.4, -0.2) is 27.8 Å². The maximum atomic E-state index is 11.6. The predicted molar refractivity (Wildman–Crippen MR) is 49.5 cm³/mol. The summed E-state index contributed by atoms with van der Waals surface area (Å²) in [5, 5.41) is 0. The topological polar surface area (TPSA) is 145 Å². The molecule has 0 spiro atoms. The third kappa shape index (κ3) is 1.14. The van der Waals surface area contributed by atoms with Crippen molar-refractivity contribution in [2.45, 2.75) is 0 Å². The molecule has 0 fully saturated rings. The summed E-state index contributed by atoms with van der Waals surface area (Å²) in [5.74, 6) is 0. The first kappa shape index (κ1) is 9.71. The number of fused-ring (bicyclic) bond motifs is 4. The van der Waals surface area contributed by atoms with Gasteiger partial charge in [0.05, 0.1) is 0 Å². The Hall–Kier alpha value is -2.50. The minimum atomic E-state index is -4.57. The van der Waals surface area contributed by atoms with E-state index in [1.54, 1.807) is 0 Å². The summed E-state index contributed by atoms with van der Waals surface area (Å²) in [7, 11) is -4.57. The molecule has 12 heteroatoms. The first-order chi connectivity index (χ1) is 7.89. The van der Waals surface area contributed by atoms with Gasteiger partial charge < -0.3 is 0 Å². The monoisotopic (exact) mass is 262 g/mol. The Labute approximate surface area is 90.1 Å². The van der Waals surface area contributed by atoms with Crippen LogP contribution in [0.4, 0.5) is 0 Å². The summed E-state index contributed by atoms with van der Waals surface area (Å²) in [4.78, 5) is 38.2. The molecule has 0 radical (unpaired) electrons. The zero-order chi connectivity index (χ0) is 12.4. The standard InChI is InChI=1S/C5H2N4O7S/c10-3-1-2(7-4(11)6-1)8-5(12)9(3)16-17(13,14)15-8/h(H2,6,7,11). The van der Waals surface area contributed by atoms with Crippen molar-refractivity contribution in [3.8, 4) is 0 Å². The van der Waals surface area contributed by atoms with Gasteiger partial charge in [-0.1, -0.05) is 9.46 Å². The van der Waals surface area contributed by atoms with Gasteiger partial charge in [-0.25, -0.2) is 18.2 Å². The highest BCUT2D eigenvalue weighted by Crippen LogP contribution is 2.01. The minimum absolute atomic E-state index is 0.0368. The molecule has 0 amide bonds. The molecular formula is C5H2N4O7S. The molecule has 3 heterocycles. The van der Waals surface area contributed by atoms with Crippen LogP contribution < -0.4 is 25.5 Å². The van der Waals surface area contributed by atoms with E-state index in [4.69, 9.17) is 0 Å². The number of aromatic nitrogens is 4. The molecule has 11 nitrogen and oxygen atoms in total. The van der Waals surface area contributed by atoms with E-state index in [9.17, 15) is 22.8 Å². The highest BCUT2D eigenvalue weighted by Gasteiger charge is 2.31. The van der Waals surface area contributed by atoms with Gasteiger partial charge >= 0.3 is 27.3 Å². The smallest absolute Gasteiger partial charge is 0.300 e. The van der Waals surface area contributed by atoms with Crippen LogP contribution in [0.5, 0.6) is 0 Å². The van der Waals surface area contributed by atoms with E-state index in [0.29, 0.717) is 0 Å². The van der Waals surface area contributed by atoms with Crippen LogP contribution in [0.2, 0.25) is 0 Å². The highest BCUT2D eigenvalue weighted by molar-refractivity contribution is 7.82. The molecule has 2 aromatic rings. The summed E-state index contributed by atoms with van der Waals surface area (Å²) < 4.78 is 30.5. The number of aromatic amines is 2. The quantitative estimate of drug-likeness (QED) is 0.496. The van der Waals surface area contributed by atoms with Crippen LogP contribution in [0, 0.1) is 0 Å². The largest absolute Gasteiger partial charge is 0.540 e. The zero-order valence-corrected chi connectivity index (χ0v) is 8.48. The van der Waals surface area contributed by atoms with Crippen molar-refractivity contribution in [1.29, 1.82) is 0 Å². The Balaban J connectivity index is 2.66. The maximum Gasteiger partial charge on any atom is 0.540 e. The molecule has 2 bridgehead atoms. The Bertz CT molecular complexity index is 908. The molecule has 0 aromatic carbocycles. The van der Waals surface area contributed by atoms with Crippen LogP contribution >= 0.6 is 0 Å². The van der Waals surface area contributed by atoms with E-state index in [2.05, 4.69) is 18.5 Å². The molecule has 0 aliphatic carbocycles. The lowest BCUT2D eigenvalue weighted by atomic mass is 10.5. The second-order valence-electron chi connectivity index (χ2n) is 3.04. The van der Waals surface area contributed by atoms with E-state index in [-0.39, 0.29) is 15.0 Å². The van der Waals surface area contributed by atoms with Crippen LogP contribution in [-0.2, 0) is 10.4 Å². The van der Waals surface area contributed by atoms with Crippen molar-refractivity contribution in [2.24, 2.45) is 0 Å². The van der Waals surface area contributed by atoms with Crippen molar-refractivity contribution in [2.75, 3.05) is 0 Å². The van der Waals surface area contributed by atoms with Crippen molar-refractivity contribution < 1.29 is 17.0 Å². The number of nitrogens with one attached hydrogen (secondary N) is 2. The molecule has 3 rings (SSSR count). The molecular weight excluding hydrogens is 260 g/mol. The fraction of sp³-hybridized carbons (Fsp3) is 0. The van der Waals surface area contributed by atoms with Crippen LogP contribution in [0.3, 0.4) is 0 Å². The molecule has 2 N–H and O–H groups in total. The Kier molecular flexibility index (Phi) is 1.48. The molecule has 1 aliphatic heterocycles. The number of H-pyrrole nitrogens is 2. The van der Waals surface area contributed by atoms with E-state index >= 15 is 0 Å². The summed E-state index contributed by atoms with van der Waals surface area (Å²) in [6.45, 7) is 0. The molecule has 0 atom stereocenters. The van der Waals surface area contributed by atoms with Crippen molar-refractivity contribution >= 4 is 21.6 Å². The lowest BCUT2D eigenvalue weighted by Crippen LogP contribution is -2.54. The zero-order valence-electron chi connectivity index (χ0n) is 7.66. The summed E-state index contributed by atoms with van der Waals surface area (Å²) >= 11 is 0. The first-order valence-electron chi connectivity index (χ1n) is 4.04. The second-order valence-corrected chi connectivity index (χ2v) is 4.15. The van der Waals surface area contributed by atoms with Gasteiger partial charge in [0.1, 0.15) is 0 Å². The van der Waals surface area contributed by atoms with Crippen molar-refractivity contribution in [3.05, 3.63) is 31.3 Å². The number of nitrogens with zero attached hydrogens (tertiary/aromatic N) is 2. The van der Waals surface area contributed by atoms with Gasteiger partial charge in [-0.05, 0) is 0 Å². The fourth-order valence-electron chi connectivity index (χ4n) is 1.38. The third-order valence-corrected chi connectivity index (χ3v) is 2.65.